The maximum Gasteiger partial charge on any atom is 0.141 e. The maximum atomic E-state index is 14.1. The van der Waals surface area contributed by atoms with Gasteiger partial charge < -0.3 is 0 Å². The summed E-state index contributed by atoms with van der Waals surface area (Å²) in [7, 11) is 0. The van der Waals surface area contributed by atoms with Crippen LogP contribution in [0.4, 0.5) is 8.78 Å². The minimum atomic E-state index is -0.463. The number of rotatable bonds is 6. The molecule has 0 aliphatic heterocycles. The van der Waals surface area contributed by atoms with Crippen LogP contribution in [-0.4, -0.2) is 6.67 Å². The molecule has 1 nitrogen and oxygen atoms in total. The summed E-state index contributed by atoms with van der Waals surface area (Å²) in [6.07, 6.45) is 10.3. The first-order valence-corrected chi connectivity index (χ1v) is 9.72. The fourth-order valence-electron chi connectivity index (χ4n) is 4.16. The zero-order chi connectivity index (χ0) is 19.1. The topological polar surface area (TPSA) is 23.8 Å². The van der Waals surface area contributed by atoms with Crippen LogP contribution in [0.2, 0.25) is 0 Å². The van der Waals surface area contributed by atoms with E-state index >= 15 is 0 Å². The molecule has 1 aliphatic rings. The van der Waals surface area contributed by atoms with Gasteiger partial charge in [-0.15, -0.1) is 0 Å². The van der Waals surface area contributed by atoms with Crippen molar-refractivity contribution >= 4 is 0 Å². The van der Waals surface area contributed by atoms with Crippen molar-refractivity contribution in [3.63, 3.8) is 0 Å². The van der Waals surface area contributed by atoms with E-state index in [4.69, 9.17) is 5.26 Å². The Morgan fingerprint density at radius 1 is 1.04 bits per heavy atom. The predicted molar refractivity (Wildman–Crippen MR) is 106 cm³/mol. The van der Waals surface area contributed by atoms with Crippen molar-refractivity contribution in [1.29, 1.82) is 5.26 Å². The first-order valence-electron chi connectivity index (χ1n) is 9.72. The van der Waals surface area contributed by atoms with Gasteiger partial charge in [0.15, 0.2) is 0 Å². The third-order valence-electron chi connectivity index (χ3n) is 5.65. The first-order chi connectivity index (χ1) is 13.2. The number of allylic oxidation sites excluding steroid dienone is 2. The van der Waals surface area contributed by atoms with Crippen LogP contribution in [0, 0.1) is 23.1 Å². The zero-order valence-electron chi connectivity index (χ0n) is 15.5. The average molecular weight is 365 g/mol. The normalized spacial score (nSPS) is 19.9. The number of alkyl halides is 1. The summed E-state index contributed by atoms with van der Waals surface area (Å²) in [6.45, 7) is -0.376. The van der Waals surface area contributed by atoms with Crippen molar-refractivity contribution in [3.05, 3.63) is 71.6 Å². The second-order valence-electron chi connectivity index (χ2n) is 7.31. The molecule has 2 aromatic rings. The highest BCUT2D eigenvalue weighted by atomic mass is 19.1. The Balaban J connectivity index is 1.71. The molecule has 0 aromatic heterocycles. The van der Waals surface area contributed by atoms with E-state index in [0.717, 1.165) is 36.8 Å². The summed E-state index contributed by atoms with van der Waals surface area (Å²) in [6, 6.07) is 15.0. The van der Waals surface area contributed by atoms with Crippen LogP contribution in [0.25, 0.3) is 11.1 Å². The Morgan fingerprint density at radius 2 is 1.81 bits per heavy atom. The molecule has 0 amide bonds. The standard InChI is InChI=1S/C24H25F2N/c25-15-5-1-2-6-18-9-11-19(12-10-18)22-7-3-4-8-23(22)20-13-14-21(17-27)24(26)16-20/h1,3-5,7-8,13-14,16,18-19H,2,6,9-12,15H2. The Bertz CT molecular complexity index is 827. The van der Waals surface area contributed by atoms with Crippen LogP contribution in [0.15, 0.2) is 54.6 Å². The molecule has 1 saturated carbocycles. The molecule has 3 heteroatoms. The molecule has 3 rings (SSSR count). The molecule has 140 valence electrons. The number of nitrogens with zero attached hydrogens (tertiary/aromatic N) is 1. The lowest BCUT2D eigenvalue weighted by Crippen LogP contribution is -2.14. The van der Waals surface area contributed by atoms with E-state index in [9.17, 15) is 8.78 Å². The quantitative estimate of drug-likeness (QED) is 0.508. The molecule has 2 aromatic carbocycles. The van der Waals surface area contributed by atoms with Gasteiger partial charge in [-0.25, -0.2) is 8.78 Å². The lowest BCUT2D eigenvalue weighted by molar-refractivity contribution is 0.312. The molecular formula is C24H25F2N. The van der Waals surface area contributed by atoms with Gasteiger partial charge in [0, 0.05) is 0 Å². The zero-order valence-corrected chi connectivity index (χ0v) is 15.5. The van der Waals surface area contributed by atoms with Crippen molar-refractivity contribution in [1.82, 2.24) is 0 Å². The van der Waals surface area contributed by atoms with Crippen molar-refractivity contribution in [2.24, 2.45) is 5.92 Å². The molecule has 27 heavy (non-hydrogen) atoms. The van der Waals surface area contributed by atoms with Gasteiger partial charge in [0.1, 0.15) is 18.6 Å². The molecule has 0 bridgehead atoms. The van der Waals surface area contributed by atoms with Crippen LogP contribution in [0.3, 0.4) is 0 Å². The van der Waals surface area contributed by atoms with Crippen molar-refractivity contribution in [2.45, 2.75) is 44.4 Å². The van der Waals surface area contributed by atoms with E-state index in [0.29, 0.717) is 11.8 Å². The molecular weight excluding hydrogens is 340 g/mol. The number of halogens is 2. The van der Waals surface area contributed by atoms with E-state index in [2.05, 4.69) is 6.07 Å². The largest absolute Gasteiger partial charge is 0.247 e. The Morgan fingerprint density at radius 3 is 2.52 bits per heavy atom. The summed E-state index contributed by atoms with van der Waals surface area (Å²) < 4.78 is 26.2. The minimum Gasteiger partial charge on any atom is -0.247 e. The summed E-state index contributed by atoms with van der Waals surface area (Å²) in [5, 5.41) is 8.94. The van der Waals surface area contributed by atoms with E-state index in [1.807, 2.05) is 36.4 Å². The number of nitriles is 1. The van der Waals surface area contributed by atoms with Crippen LogP contribution in [0.5, 0.6) is 0 Å². The molecule has 0 unspecified atom stereocenters. The van der Waals surface area contributed by atoms with Crippen LogP contribution in [0.1, 0.15) is 55.6 Å². The fraction of sp³-hybridized carbons (Fsp3) is 0.375. The monoisotopic (exact) mass is 365 g/mol. The fourth-order valence-corrected chi connectivity index (χ4v) is 4.16. The van der Waals surface area contributed by atoms with Gasteiger partial charge in [-0.3, -0.25) is 0 Å². The SMILES string of the molecule is N#Cc1ccc(-c2ccccc2C2CCC(CCC=CCF)CC2)cc1F. The smallest absolute Gasteiger partial charge is 0.141 e. The van der Waals surface area contributed by atoms with Gasteiger partial charge >= 0.3 is 0 Å². The summed E-state index contributed by atoms with van der Waals surface area (Å²) in [4.78, 5) is 0. The van der Waals surface area contributed by atoms with E-state index < -0.39 is 5.82 Å². The number of benzene rings is 2. The molecule has 0 radical (unpaired) electrons. The molecule has 0 atom stereocenters. The first kappa shape index (κ1) is 19.3. The highest BCUT2D eigenvalue weighted by Crippen LogP contribution is 2.41. The van der Waals surface area contributed by atoms with Crippen LogP contribution in [-0.2, 0) is 0 Å². The van der Waals surface area contributed by atoms with E-state index in [1.165, 1.54) is 24.5 Å². The van der Waals surface area contributed by atoms with Crippen LogP contribution < -0.4 is 0 Å². The highest BCUT2D eigenvalue weighted by Gasteiger charge is 2.24. The molecule has 0 saturated heterocycles. The van der Waals surface area contributed by atoms with Crippen LogP contribution >= 0.6 is 0 Å². The molecule has 1 fully saturated rings. The number of hydrogen-bond acceptors (Lipinski definition) is 1. The van der Waals surface area contributed by atoms with E-state index in [1.54, 1.807) is 12.1 Å². The lowest BCUT2D eigenvalue weighted by atomic mass is 9.75. The predicted octanol–water partition coefficient (Wildman–Crippen LogP) is 6.94. The second-order valence-corrected chi connectivity index (χ2v) is 7.31. The van der Waals surface area contributed by atoms with Gasteiger partial charge in [-0.1, -0.05) is 42.5 Å². The Kier molecular flexibility index (Phi) is 6.76. The van der Waals surface area contributed by atoms with Gasteiger partial charge in [-0.2, -0.15) is 5.26 Å². The van der Waals surface area contributed by atoms with Gasteiger partial charge in [0.25, 0.3) is 0 Å². The molecule has 0 heterocycles. The van der Waals surface area contributed by atoms with Crippen molar-refractivity contribution in [2.75, 3.05) is 6.67 Å². The number of hydrogen-bond donors (Lipinski definition) is 0. The molecule has 1 aliphatic carbocycles. The maximum absolute atomic E-state index is 14.1. The summed E-state index contributed by atoms with van der Waals surface area (Å²) in [5.41, 5.74) is 3.26. The highest BCUT2D eigenvalue weighted by molar-refractivity contribution is 5.69. The minimum absolute atomic E-state index is 0.0820. The third kappa shape index (κ3) is 4.83. The Hall–Kier alpha value is -2.47. The summed E-state index contributed by atoms with van der Waals surface area (Å²) in [5.74, 6) is 0.734. The Labute approximate surface area is 160 Å². The van der Waals surface area contributed by atoms with Gasteiger partial charge in [-0.05, 0) is 79.2 Å². The lowest BCUT2D eigenvalue weighted by Gasteiger charge is -2.30. The average Bonchev–Trinajstić information content (AvgIpc) is 2.72. The van der Waals surface area contributed by atoms with Crippen molar-refractivity contribution in [3.8, 4) is 17.2 Å². The second kappa shape index (κ2) is 9.46. The third-order valence-corrected chi connectivity index (χ3v) is 5.65. The molecule has 0 N–H and O–H groups in total. The van der Waals surface area contributed by atoms with E-state index in [-0.39, 0.29) is 12.2 Å². The van der Waals surface area contributed by atoms with Gasteiger partial charge in [0.2, 0.25) is 0 Å². The molecule has 0 spiro atoms. The van der Waals surface area contributed by atoms with Crippen molar-refractivity contribution < 1.29 is 8.78 Å². The van der Waals surface area contributed by atoms with Gasteiger partial charge in [0.05, 0.1) is 5.56 Å². The summed E-state index contributed by atoms with van der Waals surface area (Å²) >= 11 is 0.